The van der Waals surface area contributed by atoms with Crippen molar-refractivity contribution in [3.63, 3.8) is 0 Å². The SMILES string of the molecule is O=C1C2CCCC2C(=O)N1c1cccc(C#CCCO)c1. The fourth-order valence-corrected chi connectivity index (χ4v) is 3.19. The minimum atomic E-state index is -0.123. The molecule has 21 heavy (non-hydrogen) atoms. The Morgan fingerprint density at radius 1 is 1.19 bits per heavy atom. The number of hydrogen-bond acceptors (Lipinski definition) is 3. The van der Waals surface area contributed by atoms with Gasteiger partial charge in [0.25, 0.3) is 0 Å². The predicted molar refractivity (Wildman–Crippen MR) is 78.3 cm³/mol. The van der Waals surface area contributed by atoms with Crippen molar-refractivity contribution in [1.29, 1.82) is 0 Å². The molecule has 1 aliphatic heterocycles. The number of anilines is 1. The van der Waals surface area contributed by atoms with Crippen molar-refractivity contribution in [3.05, 3.63) is 29.8 Å². The molecule has 0 bridgehead atoms. The largest absolute Gasteiger partial charge is 0.395 e. The molecule has 2 aliphatic rings. The standard InChI is InChI=1S/C17H17NO3/c19-10-2-1-5-12-6-3-7-13(11-12)18-16(20)14-8-4-9-15(14)17(18)21/h3,6-7,11,14-15,19H,2,4,8-10H2. The van der Waals surface area contributed by atoms with Crippen LogP contribution in [0.1, 0.15) is 31.2 Å². The summed E-state index contributed by atoms with van der Waals surface area (Å²) in [6.07, 6.45) is 3.02. The second kappa shape index (κ2) is 5.71. The van der Waals surface area contributed by atoms with Crippen LogP contribution in [0.15, 0.2) is 24.3 Å². The molecule has 4 heteroatoms. The quantitative estimate of drug-likeness (QED) is 0.664. The Balaban J connectivity index is 1.88. The molecule has 0 aromatic heterocycles. The number of aliphatic hydroxyl groups is 1. The van der Waals surface area contributed by atoms with E-state index in [1.807, 2.05) is 6.07 Å². The van der Waals surface area contributed by atoms with E-state index in [2.05, 4.69) is 11.8 Å². The minimum Gasteiger partial charge on any atom is -0.395 e. The molecule has 2 amide bonds. The first-order chi connectivity index (χ1) is 10.2. The lowest BCUT2D eigenvalue weighted by atomic mass is 10.00. The molecule has 1 saturated carbocycles. The van der Waals surface area contributed by atoms with Crippen molar-refractivity contribution in [2.75, 3.05) is 11.5 Å². The van der Waals surface area contributed by atoms with Crippen LogP contribution in [0.25, 0.3) is 0 Å². The molecule has 4 nitrogen and oxygen atoms in total. The second-order valence-corrected chi connectivity index (χ2v) is 5.48. The highest BCUT2D eigenvalue weighted by Gasteiger charge is 2.50. The van der Waals surface area contributed by atoms with Gasteiger partial charge in [0, 0.05) is 12.0 Å². The van der Waals surface area contributed by atoms with Crippen LogP contribution in [-0.2, 0) is 9.59 Å². The Morgan fingerprint density at radius 2 is 1.90 bits per heavy atom. The first kappa shape index (κ1) is 13.8. The van der Waals surface area contributed by atoms with Crippen molar-refractivity contribution in [2.24, 2.45) is 11.8 Å². The van der Waals surface area contributed by atoms with Crippen LogP contribution in [0.2, 0.25) is 0 Å². The van der Waals surface area contributed by atoms with Gasteiger partial charge >= 0.3 is 0 Å². The van der Waals surface area contributed by atoms with Gasteiger partial charge in [-0.15, -0.1) is 0 Å². The third-order valence-corrected chi connectivity index (χ3v) is 4.17. The van der Waals surface area contributed by atoms with Crippen LogP contribution >= 0.6 is 0 Å². The lowest BCUT2D eigenvalue weighted by Gasteiger charge is -2.16. The Labute approximate surface area is 123 Å². The molecule has 1 aliphatic carbocycles. The second-order valence-electron chi connectivity index (χ2n) is 5.48. The van der Waals surface area contributed by atoms with Gasteiger partial charge in [-0.3, -0.25) is 14.5 Å². The molecular formula is C17H17NO3. The Bertz CT molecular complexity index is 619. The maximum atomic E-state index is 12.4. The van der Waals surface area contributed by atoms with Crippen LogP contribution in [0, 0.1) is 23.7 Å². The van der Waals surface area contributed by atoms with Gasteiger partial charge in [-0.05, 0) is 31.0 Å². The number of imide groups is 1. The number of fused-ring (bicyclic) bond motifs is 1. The molecule has 108 valence electrons. The zero-order valence-electron chi connectivity index (χ0n) is 11.7. The van der Waals surface area contributed by atoms with Crippen molar-refractivity contribution < 1.29 is 14.7 Å². The highest BCUT2D eigenvalue weighted by atomic mass is 16.2. The Morgan fingerprint density at radius 3 is 2.57 bits per heavy atom. The first-order valence-electron chi connectivity index (χ1n) is 7.30. The zero-order chi connectivity index (χ0) is 14.8. The number of carbonyl (C=O) groups is 2. The molecule has 0 spiro atoms. The number of nitrogens with zero attached hydrogens (tertiary/aromatic N) is 1. The van der Waals surface area contributed by atoms with Crippen LogP contribution in [0.4, 0.5) is 5.69 Å². The summed E-state index contributed by atoms with van der Waals surface area (Å²) in [6.45, 7) is 0.0269. The van der Waals surface area contributed by atoms with E-state index in [9.17, 15) is 9.59 Å². The summed E-state index contributed by atoms with van der Waals surface area (Å²) >= 11 is 0. The van der Waals surface area contributed by atoms with Gasteiger partial charge in [-0.1, -0.05) is 24.3 Å². The number of aliphatic hydroxyl groups excluding tert-OH is 1. The number of hydrogen-bond donors (Lipinski definition) is 1. The van der Waals surface area contributed by atoms with Crippen molar-refractivity contribution in [3.8, 4) is 11.8 Å². The van der Waals surface area contributed by atoms with Crippen molar-refractivity contribution in [1.82, 2.24) is 0 Å². The number of carbonyl (C=O) groups excluding carboxylic acids is 2. The summed E-state index contributed by atoms with van der Waals surface area (Å²) in [5.41, 5.74) is 1.36. The summed E-state index contributed by atoms with van der Waals surface area (Å²) in [5.74, 6) is 5.39. The monoisotopic (exact) mass is 283 g/mol. The summed E-state index contributed by atoms with van der Waals surface area (Å²) < 4.78 is 0. The van der Waals surface area contributed by atoms with Gasteiger partial charge < -0.3 is 5.11 Å². The normalized spacial score (nSPS) is 24.0. The maximum absolute atomic E-state index is 12.4. The molecule has 1 aromatic rings. The number of benzene rings is 1. The molecule has 1 N–H and O–H groups in total. The molecule has 1 heterocycles. The molecule has 1 aromatic carbocycles. The van der Waals surface area contributed by atoms with Crippen LogP contribution in [0.5, 0.6) is 0 Å². The fourth-order valence-electron chi connectivity index (χ4n) is 3.19. The van der Waals surface area contributed by atoms with E-state index < -0.39 is 0 Å². The minimum absolute atomic E-state index is 0.0269. The summed E-state index contributed by atoms with van der Waals surface area (Å²) in [5, 5.41) is 8.73. The smallest absolute Gasteiger partial charge is 0.237 e. The van der Waals surface area contributed by atoms with E-state index in [4.69, 9.17) is 5.11 Å². The van der Waals surface area contributed by atoms with Crippen molar-refractivity contribution >= 4 is 17.5 Å². The molecular weight excluding hydrogens is 266 g/mol. The summed E-state index contributed by atoms with van der Waals surface area (Å²) in [6, 6.07) is 7.17. The Hall–Kier alpha value is -2.12. The van der Waals surface area contributed by atoms with E-state index in [1.165, 1.54) is 4.90 Å². The third kappa shape index (κ3) is 2.45. The van der Waals surface area contributed by atoms with Crippen molar-refractivity contribution in [2.45, 2.75) is 25.7 Å². The third-order valence-electron chi connectivity index (χ3n) is 4.17. The maximum Gasteiger partial charge on any atom is 0.237 e. The zero-order valence-corrected chi connectivity index (χ0v) is 11.7. The summed E-state index contributed by atoms with van der Waals surface area (Å²) in [7, 11) is 0. The van der Waals surface area contributed by atoms with Gasteiger partial charge in [0.1, 0.15) is 0 Å². The van der Waals surface area contributed by atoms with Gasteiger partial charge in [0.15, 0.2) is 0 Å². The van der Waals surface area contributed by atoms with Gasteiger partial charge in [0.2, 0.25) is 11.8 Å². The van der Waals surface area contributed by atoms with E-state index in [1.54, 1.807) is 18.2 Å². The van der Waals surface area contributed by atoms with E-state index in [0.717, 1.165) is 24.8 Å². The number of rotatable bonds is 2. The van der Waals surface area contributed by atoms with Crippen LogP contribution in [-0.4, -0.2) is 23.5 Å². The average molecular weight is 283 g/mol. The lowest BCUT2D eigenvalue weighted by molar-refractivity contribution is -0.122. The molecule has 2 fully saturated rings. The van der Waals surface area contributed by atoms with Gasteiger partial charge in [-0.2, -0.15) is 0 Å². The van der Waals surface area contributed by atoms with E-state index in [0.29, 0.717) is 12.1 Å². The van der Waals surface area contributed by atoms with E-state index >= 15 is 0 Å². The van der Waals surface area contributed by atoms with Gasteiger partial charge in [0.05, 0.1) is 24.1 Å². The Kier molecular flexibility index (Phi) is 3.76. The van der Waals surface area contributed by atoms with Crippen LogP contribution < -0.4 is 4.90 Å². The predicted octanol–water partition coefficient (Wildman–Crippen LogP) is 1.71. The fraction of sp³-hybridized carbons (Fsp3) is 0.412. The topological polar surface area (TPSA) is 57.6 Å². The van der Waals surface area contributed by atoms with Crippen LogP contribution in [0.3, 0.4) is 0 Å². The number of amides is 2. The highest BCUT2D eigenvalue weighted by molar-refractivity contribution is 6.22. The first-order valence-corrected chi connectivity index (χ1v) is 7.30. The summed E-state index contributed by atoms with van der Waals surface area (Å²) in [4.78, 5) is 26.1. The molecule has 2 atom stereocenters. The average Bonchev–Trinajstić information content (AvgIpc) is 3.05. The molecule has 2 unspecified atom stereocenters. The van der Waals surface area contributed by atoms with E-state index in [-0.39, 0.29) is 30.3 Å². The molecule has 0 radical (unpaired) electrons. The molecule has 3 rings (SSSR count). The lowest BCUT2D eigenvalue weighted by Crippen LogP contribution is -2.31. The highest BCUT2D eigenvalue weighted by Crippen LogP contribution is 2.41. The van der Waals surface area contributed by atoms with Gasteiger partial charge in [-0.25, -0.2) is 0 Å². The molecule has 1 saturated heterocycles.